The molecule has 0 saturated carbocycles. The molecule has 0 radical (unpaired) electrons. The number of thiazole rings is 1. The smallest absolute Gasteiger partial charge is 0.226 e. The quantitative estimate of drug-likeness (QED) is 0.390. The number of benzene rings is 1. The Hall–Kier alpha value is -3.92. The predicted octanol–water partition coefficient (Wildman–Crippen LogP) is 4.45. The van der Waals surface area contributed by atoms with Crippen LogP contribution in [0.15, 0.2) is 52.6 Å². The van der Waals surface area contributed by atoms with Gasteiger partial charge < -0.3 is 19.2 Å². The normalized spacial score (nSPS) is 11.1. The first-order chi connectivity index (χ1) is 15.7. The highest BCUT2D eigenvalue weighted by Crippen LogP contribution is 2.30. The number of nitrogens with one attached hydrogen (secondary N) is 1. The van der Waals surface area contributed by atoms with Crippen molar-refractivity contribution < 1.29 is 13.9 Å². The van der Waals surface area contributed by atoms with Gasteiger partial charge in [0.05, 0.1) is 36.7 Å². The van der Waals surface area contributed by atoms with Crippen molar-refractivity contribution in [2.75, 3.05) is 19.5 Å². The summed E-state index contributed by atoms with van der Waals surface area (Å²) in [5.41, 5.74) is 3.26. The number of aromatic nitrogens is 5. The summed E-state index contributed by atoms with van der Waals surface area (Å²) in [7, 11) is 3.23. The Morgan fingerprint density at radius 1 is 1.12 bits per heavy atom. The molecule has 0 aliphatic rings. The Kier molecular flexibility index (Phi) is 5.20. The van der Waals surface area contributed by atoms with E-state index in [1.807, 2.05) is 36.6 Å². The maximum Gasteiger partial charge on any atom is 0.226 e. The molecule has 0 aliphatic carbocycles. The second-order valence-electron chi connectivity index (χ2n) is 6.94. The molecule has 162 valence electrons. The molecular formula is C22H20N6O3S. The summed E-state index contributed by atoms with van der Waals surface area (Å²) >= 11 is 1.58. The summed E-state index contributed by atoms with van der Waals surface area (Å²) in [6.45, 7) is 2.48. The number of ether oxygens (including phenoxy) is 2. The number of furan rings is 1. The molecule has 1 N–H and O–H groups in total. The lowest BCUT2D eigenvalue weighted by Crippen LogP contribution is -2.08. The van der Waals surface area contributed by atoms with Crippen molar-refractivity contribution >= 4 is 22.9 Å². The van der Waals surface area contributed by atoms with Crippen molar-refractivity contribution in [2.24, 2.45) is 0 Å². The fourth-order valence-electron chi connectivity index (χ4n) is 3.34. The van der Waals surface area contributed by atoms with Gasteiger partial charge in [0.2, 0.25) is 11.8 Å². The molecule has 1 aromatic carbocycles. The Morgan fingerprint density at radius 2 is 2.00 bits per heavy atom. The number of hydrogen-bond donors (Lipinski definition) is 1. The minimum atomic E-state index is 0.477. The molecule has 5 aromatic rings. The molecule has 4 heterocycles. The van der Waals surface area contributed by atoms with E-state index in [2.05, 4.69) is 20.4 Å². The second-order valence-corrected chi connectivity index (χ2v) is 8.00. The molecule has 5 rings (SSSR count). The van der Waals surface area contributed by atoms with Crippen LogP contribution in [0.25, 0.3) is 28.5 Å². The van der Waals surface area contributed by atoms with Gasteiger partial charge in [-0.25, -0.2) is 15.0 Å². The number of methoxy groups -OCH3 is 2. The average molecular weight is 449 g/mol. The van der Waals surface area contributed by atoms with Crippen molar-refractivity contribution in [3.63, 3.8) is 0 Å². The fraction of sp³-hybridized carbons (Fsp3) is 0.182. The van der Waals surface area contributed by atoms with Crippen LogP contribution in [-0.2, 0) is 6.54 Å². The van der Waals surface area contributed by atoms with Crippen molar-refractivity contribution in [1.29, 1.82) is 0 Å². The van der Waals surface area contributed by atoms with Crippen LogP contribution in [0.3, 0.4) is 0 Å². The number of fused-ring (bicyclic) bond motifs is 1. The molecule has 0 aliphatic heterocycles. The first kappa shape index (κ1) is 20.0. The number of aryl methyl sites for hydroxylation is 1. The first-order valence-electron chi connectivity index (χ1n) is 9.83. The molecule has 4 aromatic heterocycles. The zero-order valence-corrected chi connectivity index (χ0v) is 18.5. The van der Waals surface area contributed by atoms with Crippen LogP contribution in [0.1, 0.15) is 10.6 Å². The SMILES string of the molecule is COc1ccc(CNc2ncc(-c3csc(C)n3)c3nc(-c4ccco4)nn23)cc1OC. The summed E-state index contributed by atoms with van der Waals surface area (Å²) in [5, 5.41) is 10.9. The van der Waals surface area contributed by atoms with Crippen LogP contribution in [0.5, 0.6) is 11.5 Å². The molecular weight excluding hydrogens is 428 g/mol. The van der Waals surface area contributed by atoms with Gasteiger partial charge >= 0.3 is 0 Å². The van der Waals surface area contributed by atoms with E-state index in [9.17, 15) is 0 Å². The van der Waals surface area contributed by atoms with Gasteiger partial charge in [-0.2, -0.15) is 4.52 Å². The third kappa shape index (κ3) is 3.65. The molecule has 0 unspecified atom stereocenters. The predicted molar refractivity (Wildman–Crippen MR) is 121 cm³/mol. The lowest BCUT2D eigenvalue weighted by Gasteiger charge is -2.11. The fourth-order valence-corrected chi connectivity index (χ4v) is 3.96. The maximum absolute atomic E-state index is 5.50. The standard InChI is InChI=1S/C22H20N6O3S/c1-13-25-16(12-32-13)15-11-24-22(23-10-14-6-7-17(29-2)19(9-14)30-3)28-21(15)26-20(27-28)18-5-4-8-31-18/h4-9,11-12H,10H2,1-3H3,(H,23,24). The van der Waals surface area contributed by atoms with Gasteiger partial charge in [0, 0.05) is 18.1 Å². The molecule has 0 bridgehead atoms. The summed E-state index contributed by atoms with van der Waals surface area (Å²) in [6.07, 6.45) is 3.36. The molecule has 0 amide bonds. The van der Waals surface area contributed by atoms with Crippen LogP contribution in [0.4, 0.5) is 5.95 Å². The van der Waals surface area contributed by atoms with Crippen LogP contribution in [0, 0.1) is 6.92 Å². The van der Waals surface area contributed by atoms with Crippen LogP contribution >= 0.6 is 11.3 Å². The summed E-state index contributed by atoms with van der Waals surface area (Å²) in [4.78, 5) is 13.9. The van der Waals surface area contributed by atoms with Gasteiger partial charge in [0.1, 0.15) is 0 Å². The largest absolute Gasteiger partial charge is 0.493 e. The second kappa shape index (κ2) is 8.31. The number of nitrogens with zero attached hydrogens (tertiary/aromatic N) is 5. The van der Waals surface area contributed by atoms with E-state index >= 15 is 0 Å². The Labute approximate surface area is 187 Å². The lowest BCUT2D eigenvalue weighted by atomic mass is 10.2. The Balaban J connectivity index is 1.53. The van der Waals surface area contributed by atoms with E-state index in [4.69, 9.17) is 18.9 Å². The van der Waals surface area contributed by atoms with Crippen LogP contribution < -0.4 is 14.8 Å². The van der Waals surface area contributed by atoms with E-state index in [1.165, 1.54) is 0 Å². The number of anilines is 1. The zero-order chi connectivity index (χ0) is 22.1. The zero-order valence-electron chi connectivity index (χ0n) is 17.7. The van der Waals surface area contributed by atoms with Gasteiger partial charge in [-0.1, -0.05) is 6.07 Å². The highest BCUT2D eigenvalue weighted by molar-refractivity contribution is 7.09. The van der Waals surface area contributed by atoms with Crippen molar-refractivity contribution in [3.8, 4) is 34.3 Å². The van der Waals surface area contributed by atoms with Crippen molar-refractivity contribution in [3.05, 3.63) is 58.7 Å². The molecule has 9 nitrogen and oxygen atoms in total. The van der Waals surface area contributed by atoms with Gasteiger partial charge in [-0.15, -0.1) is 16.4 Å². The van der Waals surface area contributed by atoms with Gasteiger partial charge in [-0.3, -0.25) is 0 Å². The Morgan fingerprint density at radius 3 is 2.72 bits per heavy atom. The molecule has 0 spiro atoms. The first-order valence-corrected chi connectivity index (χ1v) is 10.7. The van der Waals surface area contributed by atoms with Gasteiger partial charge in [0.25, 0.3) is 0 Å². The van der Waals surface area contributed by atoms with Crippen molar-refractivity contribution in [2.45, 2.75) is 13.5 Å². The van der Waals surface area contributed by atoms with E-state index in [1.54, 1.807) is 48.6 Å². The summed E-state index contributed by atoms with van der Waals surface area (Å²) in [6, 6.07) is 9.39. The molecule has 10 heteroatoms. The minimum Gasteiger partial charge on any atom is -0.493 e. The average Bonchev–Trinajstić information content (AvgIpc) is 3.57. The maximum atomic E-state index is 5.50. The van der Waals surface area contributed by atoms with Gasteiger partial charge in [0.15, 0.2) is 22.9 Å². The molecule has 0 fully saturated rings. The van der Waals surface area contributed by atoms with Crippen LogP contribution in [0.2, 0.25) is 0 Å². The highest BCUT2D eigenvalue weighted by Gasteiger charge is 2.18. The summed E-state index contributed by atoms with van der Waals surface area (Å²) < 4.78 is 17.9. The molecule has 0 atom stereocenters. The lowest BCUT2D eigenvalue weighted by molar-refractivity contribution is 0.354. The highest BCUT2D eigenvalue weighted by atomic mass is 32.1. The topological polar surface area (TPSA) is 99.6 Å². The van der Waals surface area contributed by atoms with E-state index in [0.29, 0.717) is 41.2 Å². The Bertz CT molecular complexity index is 1380. The molecule has 32 heavy (non-hydrogen) atoms. The minimum absolute atomic E-state index is 0.477. The van der Waals surface area contributed by atoms with Crippen molar-refractivity contribution in [1.82, 2.24) is 24.6 Å². The third-order valence-electron chi connectivity index (χ3n) is 4.90. The van der Waals surface area contributed by atoms with E-state index in [0.717, 1.165) is 21.8 Å². The van der Waals surface area contributed by atoms with Crippen LogP contribution in [-0.4, -0.2) is 38.8 Å². The van der Waals surface area contributed by atoms with E-state index < -0.39 is 0 Å². The van der Waals surface area contributed by atoms with E-state index in [-0.39, 0.29) is 0 Å². The number of hydrogen-bond acceptors (Lipinski definition) is 9. The third-order valence-corrected chi connectivity index (χ3v) is 5.67. The van der Waals surface area contributed by atoms with Gasteiger partial charge in [-0.05, 0) is 36.8 Å². The number of rotatable bonds is 7. The summed E-state index contributed by atoms with van der Waals surface area (Å²) in [5.74, 6) is 2.96. The monoisotopic (exact) mass is 448 g/mol. The molecule has 0 saturated heterocycles.